The molecule has 0 bridgehead atoms. The minimum Gasteiger partial charge on any atom is -0.0956 e. The van der Waals surface area contributed by atoms with Crippen molar-refractivity contribution in [3.05, 3.63) is 11.9 Å². The van der Waals surface area contributed by atoms with Crippen molar-refractivity contribution >= 4 is 8.58 Å². The summed E-state index contributed by atoms with van der Waals surface area (Å²) < 4.78 is 0. The lowest BCUT2D eigenvalue weighted by Crippen LogP contribution is -2.11. The van der Waals surface area contributed by atoms with Crippen molar-refractivity contribution in [3.63, 3.8) is 0 Å². The number of unbranched alkanes of at least 4 members (excludes halogenated alkanes) is 1. The van der Waals surface area contributed by atoms with Crippen LogP contribution < -0.4 is 0 Å². The summed E-state index contributed by atoms with van der Waals surface area (Å²) >= 11 is 0. The van der Waals surface area contributed by atoms with E-state index in [4.69, 9.17) is 0 Å². The Bertz CT molecular complexity index is 338. The van der Waals surface area contributed by atoms with Gasteiger partial charge in [-0.05, 0) is 60.9 Å². The van der Waals surface area contributed by atoms with Crippen LogP contribution in [0.5, 0.6) is 0 Å². The quantitative estimate of drug-likeness (QED) is 0.340. The average Bonchev–Trinajstić information content (AvgIpc) is 3.07. The minimum absolute atomic E-state index is 0.501. The standard InChI is InChI=1S/C21H41P/c1-8-10-12-17(3)22-18(4)13-11-14-21(9-2)16-19(21)15-20(5,6)7/h17,19,22H,4,8-16H2,1-3,5-7H3. The molecule has 0 radical (unpaired) electrons. The van der Waals surface area contributed by atoms with Crippen molar-refractivity contribution in [1.82, 2.24) is 0 Å². The molecule has 0 heterocycles. The van der Waals surface area contributed by atoms with Gasteiger partial charge in [-0.25, -0.2) is 0 Å². The predicted octanol–water partition coefficient (Wildman–Crippen LogP) is 7.78. The maximum Gasteiger partial charge on any atom is -0.0228 e. The Labute approximate surface area is 142 Å². The second-order valence-corrected chi connectivity index (χ2v) is 11.0. The van der Waals surface area contributed by atoms with Crippen LogP contribution in [0, 0.1) is 16.7 Å². The Hall–Kier alpha value is 0.170. The predicted molar refractivity (Wildman–Crippen MR) is 105 cm³/mol. The van der Waals surface area contributed by atoms with Crippen molar-refractivity contribution in [1.29, 1.82) is 0 Å². The second kappa shape index (κ2) is 8.86. The maximum absolute atomic E-state index is 4.36. The van der Waals surface area contributed by atoms with Crippen molar-refractivity contribution in [3.8, 4) is 0 Å². The molecule has 1 heteroatoms. The van der Waals surface area contributed by atoms with Crippen molar-refractivity contribution < 1.29 is 0 Å². The maximum atomic E-state index is 4.36. The summed E-state index contributed by atoms with van der Waals surface area (Å²) in [5.74, 6) is 0.997. The monoisotopic (exact) mass is 324 g/mol. The Balaban J connectivity index is 2.24. The molecule has 22 heavy (non-hydrogen) atoms. The van der Waals surface area contributed by atoms with Gasteiger partial charge >= 0.3 is 0 Å². The van der Waals surface area contributed by atoms with Crippen molar-refractivity contribution in [2.75, 3.05) is 0 Å². The lowest BCUT2D eigenvalue weighted by atomic mass is 9.84. The molecule has 130 valence electrons. The van der Waals surface area contributed by atoms with E-state index >= 15 is 0 Å². The molecule has 0 aromatic rings. The summed E-state index contributed by atoms with van der Waals surface area (Å²) in [5.41, 5.74) is 2.06. The third kappa shape index (κ3) is 7.16. The summed E-state index contributed by atoms with van der Waals surface area (Å²) in [4.78, 5) is 0. The first-order valence-corrected chi connectivity index (χ1v) is 10.7. The molecule has 0 aromatic carbocycles. The fourth-order valence-corrected chi connectivity index (χ4v) is 5.40. The zero-order chi connectivity index (χ0) is 16.8. The van der Waals surface area contributed by atoms with Crippen LogP contribution in [0.4, 0.5) is 0 Å². The molecular formula is C21H41P. The number of hydrogen-bond donors (Lipinski definition) is 0. The van der Waals surface area contributed by atoms with E-state index in [-0.39, 0.29) is 0 Å². The first-order chi connectivity index (χ1) is 10.2. The molecule has 1 aliphatic rings. The lowest BCUT2D eigenvalue weighted by molar-refractivity contribution is 0.296. The van der Waals surface area contributed by atoms with Crippen LogP contribution in [0.2, 0.25) is 0 Å². The Morgan fingerprint density at radius 1 is 1.27 bits per heavy atom. The van der Waals surface area contributed by atoms with E-state index in [2.05, 4.69) is 48.1 Å². The summed E-state index contributed by atoms with van der Waals surface area (Å²) in [6.45, 7) is 18.7. The highest BCUT2D eigenvalue weighted by atomic mass is 31.1. The fourth-order valence-electron chi connectivity index (χ4n) is 4.03. The molecule has 1 aliphatic carbocycles. The van der Waals surface area contributed by atoms with E-state index in [1.54, 1.807) is 0 Å². The van der Waals surface area contributed by atoms with E-state index in [0.29, 0.717) is 10.8 Å². The normalized spacial score (nSPS) is 26.5. The Kier molecular flexibility index (Phi) is 8.15. The molecular weight excluding hydrogens is 283 g/mol. The van der Waals surface area contributed by atoms with Crippen LogP contribution in [0.15, 0.2) is 11.9 Å². The zero-order valence-corrected chi connectivity index (χ0v) is 17.2. The summed E-state index contributed by atoms with van der Waals surface area (Å²) in [6.07, 6.45) is 12.5. The highest BCUT2D eigenvalue weighted by Crippen LogP contribution is 2.62. The van der Waals surface area contributed by atoms with E-state index in [0.717, 1.165) is 20.2 Å². The van der Waals surface area contributed by atoms with Gasteiger partial charge in [-0.15, -0.1) is 0 Å². The summed E-state index contributed by atoms with van der Waals surface area (Å²) in [7, 11) is 0.995. The van der Waals surface area contributed by atoms with E-state index in [9.17, 15) is 0 Å². The van der Waals surface area contributed by atoms with E-state index in [1.807, 2.05) is 0 Å². The van der Waals surface area contributed by atoms with Crippen LogP contribution in [-0.4, -0.2) is 5.66 Å². The smallest absolute Gasteiger partial charge is 0.0228 e. The largest absolute Gasteiger partial charge is 0.0956 e. The Morgan fingerprint density at radius 2 is 1.95 bits per heavy atom. The van der Waals surface area contributed by atoms with Gasteiger partial charge in [-0.2, -0.15) is 0 Å². The Morgan fingerprint density at radius 3 is 2.50 bits per heavy atom. The third-order valence-electron chi connectivity index (χ3n) is 5.52. The molecule has 0 N–H and O–H groups in total. The first-order valence-electron chi connectivity index (χ1n) is 9.66. The molecule has 4 atom stereocenters. The first kappa shape index (κ1) is 20.2. The van der Waals surface area contributed by atoms with Crippen LogP contribution in [0.3, 0.4) is 0 Å². The van der Waals surface area contributed by atoms with Gasteiger partial charge in [0.05, 0.1) is 0 Å². The minimum atomic E-state index is 0.501. The van der Waals surface area contributed by atoms with Crippen molar-refractivity contribution in [2.45, 2.75) is 105 Å². The average molecular weight is 325 g/mol. The van der Waals surface area contributed by atoms with Gasteiger partial charge in [0.1, 0.15) is 0 Å². The lowest BCUT2D eigenvalue weighted by Gasteiger charge is -2.22. The molecule has 0 spiro atoms. The van der Waals surface area contributed by atoms with Crippen LogP contribution >= 0.6 is 8.58 Å². The second-order valence-electron chi connectivity index (χ2n) is 9.03. The van der Waals surface area contributed by atoms with Gasteiger partial charge in [0.2, 0.25) is 0 Å². The highest BCUT2D eigenvalue weighted by molar-refractivity contribution is 7.43. The highest BCUT2D eigenvalue weighted by Gasteiger charge is 2.52. The van der Waals surface area contributed by atoms with Gasteiger partial charge < -0.3 is 0 Å². The van der Waals surface area contributed by atoms with Crippen LogP contribution in [0.1, 0.15) is 99.3 Å². The molecule has 0 aromatic heterocycles. The fraction of sp³-hybridized carbons (Fsp3) is 0.905. The molecule has 0 saturated heterocycles. The van der Waals surface area contributed by atoms with Crippen LogP contribution in [-0.2, 0) is 0 Å². The molecule has 1 saturated carbocycles. The number of allylic oxidation sites excluding steroid dienone is 1. The summed E-state index contributed by atoms with van der Waals surface area (Å²) in [6, 6.07) is 0. The SMILES string of the molecule is C=C(CCCC1(CC)CC1CC(C)(C)C)PC(C)CCCC. The summed E-state index contributed by atoms with van der Waals surface area (Å²) in [5, 5.41) is 1.53. The molecule has 1 rings (SSSR count). The van der Waals surface area contributed by atoms with Gasteiger partial charge in [-0.1, -0.05) is 81.3 Å². The van der Waals surface area contributed by atoms with Gasteiger partial charge in [-0.3, -0.25) is 0 Å². The third-order valence-corrected chi connectivity index (χ3v) is 6.96. The van der Waals surface area contributed by atoms with Crippen LogP contribution in [0.25, 0.3) is 0 Å². The molecule has 0 aliphatic heterocycles. The molecule has 4 unspecified atom stereocenters. The molecule has 1 fully saturated rings. The van der Waals surface area contributed by atoms with Gasteiger partial charge in [0.25, 0.3) is 0 Å². The number of rotatable bonds is 11. The molecule has 0 amide bonds. The van der Waals surface area contributed by atoms with Gasteiger partial charge in [0.15, 0.2) is 0 Å². The topological polar surface area (TPSA) is 0 Å². The number of hydrogen-bond acceptors (Lipinski definition) is 0. The van der Waals surface area contributed by atoms with Crippen molar-refractivity contribution in [2.24, 2.45) is 16.7 Å². The van der Waals surface area contributed by atoms with Gasteiger partial charge in [0, 0.05) is 0 Å². The zero-order valence-electron chi connectivity index (χ0n) is 16.2. The molecule has 0 nitrogen and oxygen atoms in total. The van der Waals surface area contributed by atoms with E-state index < -0.39 is 0 Å². The van der Waals surface area contributed by atoms with E-state index in [1.165, 1.54) is 63.1 Å².